The van der Waals surface area contributed by atoms with E-state index in [1.54, 1.807) is 25.7 Å². The Morgan fingerprint density at radius 3 is 2.83 bits per heavy atom. The Balaban J connectivity index is 2.20. The van der Waals surface area contributed by atoms with Gasteiger partial charge in [0, 0.05) is 18.8 Å². The molecule has 0 spiro atoms. The minimum absolute atomic E-state index is 0.0261. The summed E-state index contributed by atoms with van der Waals surface area (Å²) in [4.78, 5) is 29.6. The molecule has 2 rings (SSSR count). The predicted octanol–water partition coefficient (Wildman–Crippen LogP) is 0.998. The highest BCUT2D eigenvalue weighted by Gasteiger charge is 2.29. The van der Waals surface area contributed by atoms with Crippen LogP contribution >= 0.6 is 0 Å². The molecule has 0 aromatic carbocycles. The second-order valence-electron chi connectivity index (χ2n) is 5.67. The number of morpholine rings is 1. The number of nitrogens with two attached hydrogens (primary N) is 1. The number of nitrogens with one attached hydrogen (secondary N) is 1. The number of aromatic amines is 1. The van der Waals surface area contributed by atoms with Crippen LogP contribution in [0, 0.1) is 13.8 Å². The fraction of sp³-hybridized carbons (Fsp3) is 0.625. The molecule has 1 fully saturated rings. The molecule has 0 bridgehead atoms. The lowest BCUT2D eigenvalue weighted by atomic mass is 10.1. The Bertz CT molecular complexity index is 580. The van der Waals surface area contributed by atoms with E-state index in [0.29, 0.717) is 55.4 Å². The van der Waals surface area contributed by atoms with Crippen molar-refractivity contribution in [1.82, 2.24) is 9.88 Å². The number of ether oxygens (including phenoxy) is 2. The van der Waals surface area contributed by atoms with E-state index in [4.69, 9.17) is 15.2 Å². The van der Waals surface area contributed by atoms with Gasteiger partial charge in [0.1, 0.15) is 5.69 Å². The molecule has 1 atom stereocenters. The Morgan fingerprint density at radius 1 is 1.43 bits per heavy atom. The molecule has 2 heterocycles. The van der Waals surface area contributed by atoms with E-state index in [2.05, 4.69) is 4.98 Å². The highest BCUT2D eigenvalue weighted by molar-refractivity contribution is 6.01. The van der Waals surface area contributed by atoms with Crippen molar-refractivity contribution in [3.63, 3.8) is 0 Å². The molecular formula is C16H25N3O4. The van der Waals surface area contributed by atoms with Crippen LogP contribution in [-0.2, 0) is 9.47 Å². The van der Waals surface area contributed by atoms with Crippen molar-refractivity contribution in [2.75, 3.05) is 32.8 Å². The van der Waals surface area contributed by atoms with E-state index in [1.165, 1.54) is 0 Å². The summed E-state index contributed by atoms with van der Waals surface area (Å²) < 4.78 is 10.6. The van der Waals surface area contributed by atoms with Crippen molar-refractivity contribution in [1.29, 1.82) is 0 Å². The number of aromatic nitrogens is 1. The summed E-state index contributed by atoms with van der Waals surface area (Å²) >= 11 is 0. The number of amides is 1. The summed E-state index contributed by atoms with van der Waals surface area (Å²) in [6.07, 6.45) is 0.699. The molecule has 3 N–H and O–H groups in total. The first-order valence-corrected chi connectivity index (χ1v) is 7.96. The fourth-order valence-electron chi connectivity index (χ4n) is 2.90. The summed E-state index contributed by atoms with van der Waals surface area (Å²) in [5.74, 6) is -0.521. The molecule has 1 aliphatic heterocycles. The summed E-state index contributed by atoms with van der Waals surface area (Å²) in [5.41, 5.74) is 7.77. The lowest BCUT2D eigenvalue weighted by molar-refractivity contribution is -0.0236. The molecule has 128 valence electrons. The summed E-state index contributed by atoms with van der Waals surface area (Å²) in [5, 5.41) is 0. The van der Waals surface area contributed by atoms with E-state index in [0.717, 1.165) is 6.42 Å². The molecule has 1 aromatic rings. The number of H-pyrrole nitrogens is 1. The third-order valence-electron chi connectivity index (χ3n) is 4.05. The maximum absolute atomic E-state index is 12.9. The molecular weight excluding hydrogens is 298 g/mol. The largest absolute Gasteiger partial charge is 0.461 e. The van der Waals surface area contributed by atoms with Crippen LogP contribution in [0.4, 0.5) is 0 Å². The highest BCUT2D eigenvalue weighted by atomic mass is 16.5. The van der Waals surface area contributed by atoms with Crippen LogP contribution < -0.4 is 5.73 Å². The molecule has 23 heavy (non-hydrogen) atoms. The van der Waals surface area contributed by atoms with Gasteiger partial charge in [0.2, 0.25) is 0 Å². The monoisotopic (exact) mass is 323 g/mol. The fourth-order valence-corrected chi connectivity index (χ4v) is 2.90. The van der Waals surface area contributed by atoms with Crippen molar-refractivity contribution in [2.45, 2.75) is 33.3 Å². The minimum Gasteiger partial charge on any atom is -0.461 e. The Kier molecular flexibility index (Phi) is 5.79. The zero-order valence-corrected chi connectivity index (χ0v) is 14.0. The molecule has 1 aliphatic rings. The van der Waals surface area contributed by atoms with E-state index in [-0.39, 0.29) is 12.0 Å². The highest BCUT2D eigenvalue weighted by Crippen LogP contribution is 2.22. The van der Waals surface area contributed by atoms with Crippen LogP contribution in [0.15, 0.2) is 0 Å². The molecule has 0 saturated carbocycles. The molecule has 0 unspecified atom stereocenters. The van der Waals surface area contributed by atoms with Gasteiger partial charge in [-0.25, -0.2) is 4.79 Å². The molecule has 7 nitrogen and oxygen atoms in total. The van der Waals surface area contributed by atoms with Gasteiger partial charge in [-0.1, -0.05) is 0 Å². The van der Waals surface area contributed by atoms with Gasteiger partial charge in [-0.2, -0.15) is 0 Å². The zero-order valence-electron chi connectivity index (χ0n) is 14.0. The first kappa shape index (κ1) is 17.5. The van der Waals surface area contributed by atoms with Crippen molar-refractivity contribution in [3.8, 4) is 0 Å². The van der Waals surface area contributed by atoms with Gasteiger partial charge in [0.25, 0.3) is 5.91 Å². The van der Waals surface area contributed by atoms with Crippen molar-refractivity contribution in [2.24, 2.45) is 5.73 Å². The predicted molar refractivity (Wildman–Crippen MR) is 85.5 cm³/mol. The normalized spacial score (nSPS) is 18.1. The van der Waals surface area contributed by atoms with Crippen LogP contribution in [0.5, 0.6) is 0 Å². The maximum Gasteiger partial charge on any atom is 0.355 e. The Morgan fingerprint density at radius 2 is 2.17 bits per heavy atom. The van der Waals surface area contributed by atoms with Crippen molar-refractivity contribution in [3.05, 3.63) is 22.5 Å². The second-order valence-corrected chi connectivity index (χ2v) is 5.67. The topological polar surface area (TPSA) is 97.7 Å². The summed E-state index contributed by atoms with van der Waals surface area (Å²) in [7, 11) is 0. The van der Waals surface area contributed by atoms with Crippen LogP contribution in [0.3, 0.4) is 0 Å². The molecule has 1 aromatic heterocycles. The average molecular weight is 323 g/mol. The van der Waals surface area contributed by atoms with Gasteiger partial charge in [-0.05, 0) is 39.3 Å². The minimum atomic E-state index is -0.435. The number of hydrogen-bond acceptors (Lipinski definition) is 5. The SMILES string of the molecule is CCOC(=O)c1[nH]c(C)c(C(=O)N2CCO[C@@H](CCN)C2)c1C. The number of carbonyl (C=O) groups excluding carboxylic acids is 2. The third-order valence-corrected chi connectivity index (χ3v) is 4.05. The van der Waals surface area contributed by atoms with Gasteiger partial charge in [-0.3, -0.25) is 4.79 Å². The first-order chi connectivity index (χ1) is 11.0. The molecule has 1 saturated heterocycles. The van der Waals surface area contributed by atoms with Crippen LogP contribution in [0.1, 0.15) is 45.4 Å². The van der Waals surface area contributed by atoms with Gasteiger partial charge in [0.15, 0.2) is 0 Å². The van der Waals surface area contributed by atoms with E-state index >= 15 is 0 Å². The zero-order chi connectivity index (χ0) is 17.0. The lowest BCUT2D eigenvalue weighted by Crippen LogP contribution is -2.46. The van der Waals surface area contributed by atoms with E-state index < -0.39 is 5.97 Å². The van der Waals surface area contributed by atoms with E-state index in [1.807, 2.05) is 0 Å². The van der Waals surface area contributed by atoms with Crippen LogP contribution in [0.2, 0.25) is 0 Å². The number of carbonyl (C=O) groups is 2. The third kappa shape index (κ3) is 3.73. The molecule has 0 radical (unpaired) electrons. The second kappa shape index (κ2) is 7.61. The summed E-state index contributed by atoms with van der Waals surface area (Å²) in [6.45, 7) is 7.70. The Labute approximate surface area is 136 Å². The van der Waals surface area contributed by atoms with E-state index in [9.17, 15) is 9.59 Å². The van der Waals surface area contributed by atoms with Crippen LogP contribution in [0.25, 0.3) is 0 Å². The first-order valence-electron chi connectivity index (χ1n) is 7.96. The number of hydrogen-bond donors (Lipinski definition) is 2. The standard InChI is InChI=1S/C16H25N3O4/c1-4-22-16(21)14-10(2)13(11(3)18-14)15(20)19-7-8-23-12(9-19)5-6-17/h12,18H,4-9,17H2,1-3H3/t12-/m0/s1. The number of esters is 1. The van der Waals surface area contributed by atoms with Crippen molar-refractivity contribution >= 4 is 11.9 Å². The number of rotatable bonds is 5. The van der Waals surface area contributed by atoms with Gasteiger partial charge in [0.05, 0.1) is 24.9 Å². The average Bonchev–Trinajstić information content (AvgIpc) is 2.82. The summed E-state index contributed by atoms with van der Waals surface area (Å²) in [6, 6.07) is 0. The molecule has 0 aliphatic carbocycles. The van der Waals surface area contributed by atoms with Gasteiger partial charge >= 0.3 is 5.97 Å². The maximum atomic E-state index is 12.9. The quantitative estimate of drug-likeness (QED) is 0.788. The molecule has 1 amide bonds. The lowest BCUT2D eigenvalue weighted by Gasteiger charge is -2.33. The molecule has 7 heteroatoms. The number of nitrogens with zero attached hydrogens (tertiary/aromatic N) is 1. The number of aryl methyl sites for hydroxylation is 1. The van der Waals surface area contributed by atoms with Gasteiger partial charge in [-0.15, -0.1) is 0 Å². The van der Waals surface area contributed by atoms with Crippen LogP contribution in [-0.4, -0.2) is 60.7 Å². The Hall–Kier alpha value is -1.86. The smallest absolute Gasteiger partial charge is 0.355 e. The van der Waals surface area contributed by atoms with Crippen molar-refractivity contribution < 1.29 is 19.1 Å². The van der Waals surface area contributed by atoms with Gasteiger partial charge < -0.3 is 25.1 Å².